The minimum atomic E-state index is -0.155. The van der Waals surface area contributed by atoms with E-state index >= 15 is 0 Å². The standard InChI is InChI=1S/C17H20O3/c1-8(2)13-12-7-11(15(18)19-3)14(13)17-10-5-4-9(6-10)16(12,17)20-17/h7,9-10,12,14H,4-6H2,1-3H3/t9-,10-,12-,14-,16-,17+/m1/s1. The van der Waals surface area contributed by atoms with Crippen molar-refractivity contribution in [1.82, 2.24) is 0 Å². The molecular formula is C17H20O3. The third-order valence-electron chi connectivity index (χ3n) is 6.75. The van der Waals surface area contributed by atoms with Crippen LogP contribution in [0, 0.1) is 23.7 Å². The Morgan fingerprint density at radius 1 is 1.30 bits per heavy atom. The molecule has 4 bridgehead atoms. The Bertz CT molecular complexity index is 612. The molecule has 0 aromatic rings. The molecule has 3 nitrogen and oxygen atoms in total. The van der Waals surface area contributed by atoms with Gasteiger partial charge in [-0.3, -0.25) is 0 Å². The predicted octanol–water partition coefficient (Wildman–Crippen LogP) is 2.62. The molecule has 1 saturated heterocycles. The summed E-state index contributed by atoms with van der Waals surface area (Å²) in [6, 6.07) is 0. The molecular weight excluding hydrogens is 252 g/mol. The molecule has 6 atom stereocenters. The van der Waals surface area contributed by atoms with Gasteiger partial charge < -0.3 is 9.47 Å². The van der Waals surface area contributed by atoms with Crippen LogP contribution in [0.4, 0.5) is 0 Å². The molecule has 5 aliphatic rings. The molecule has 1 aliphatic heterocycles. The molecule has 0 radical (unpaired) electrons. The summed E-state index contributed by atoms with van der Waals surface area (Å²) >= 11 is 0. The van der Waals surface area contributed by atoms with Crippen LogP contribution in [0.25, 0.3) is 0 Å². The van der Waals surface area contributed by atoms with Crippen molar-refractivity contribution in [3.63, 3.8) is 0 Å². The fraction of sp³-hybridized carbons (Fsp3) is 0.706. The van der Waals surface area contributed by atoms with E-state index in [1.54, 1.807) is 0 Å². The number of esters is 1. The van der Waals surface area contributed by atoms with Gasteiger partial charge in [0.25, 0.3) is 0 Å². The first-order valence-electron chi connectivity index (χ1n) is 7.75. The van der Waals surface area contributed by atoms with Crippen LogP contribution in [0.1, 0.15) is 33.1 Å². The van der Waals surface area contributed by atoms with E-state index in [2.05, 4.69) is 19.9 Å². The lowest BCUT2D eigenvalue weighted by Crippen LogP contribution is -2.38. The van der Waals surface area contributed by atoms with E-state index in [0.717, 1.165) is 5.57 Å². The second-order valence-corrected chi connectivity index (χ2v) is 7.37. The number of hydrogen-bond acceptors (Lipinski definition) is 3. The van der Waals surface area contributed by atoms with Crippen molar-refractivity contribution in [3.05, 3.63) is 22.8 Å². The highest BCUT2D eigenvalue weighted by Gasteiger charge is 2.92. The minimum Gasteiger partial charge on any atom is -0.466 e. The fourth-order valence-electron chi connectivity index (χ4n) is 6.33. The highest BCUT2D eigenvalue weighted by molar-refractivity contribution is 5.93. The number of methoxy groups -OCH3 is 1. The highest BCUT2D eigenvalue weighted by Crippen LogP contribution is 2.85. The first-order valence-corrected chi connectivity index (χ1v) is 7.75. The van der Waals surface area contributed by atoms with Crippen LogP contribution >= 0.6 is 0 Å². The van der Waals surface area contributed by atoms with Gasteiger partial charge in [-0.15, -0.1) is 0 Å². The van der Waals surface area contributed by atoms with Gasteiger partial charge in [-0.25, -0.2) is 4.79 Å². The molecule has 4 fully saturated rings. The molecule has 20 heavy (non-hydrogen) atoms. The Morgan fingerprint density at radius 2 is 2.00 bits per heavy atom. The Morgan fingerprint density at radius 3 is 2.65 bits per heavy atom. The Kier molecular flexibility index (Phi) is 1.77. The number of hydrogen-bond donors (Lipinski definition) is 0. The summed E-state index contributed by atoms with van der Waals surface area (Å²) in [6.07, 6.45) is 6.07. The van der Waals surface area contributed by atoms with Gasteiger partial charge in [0.2, 0.25) is 0 Å². The van der Waals surface area contributed by atoms with E-state index < -0.39 is 0 Å². The summed E-state index contributed by atoms with van der Waals surface area (Å²) in [5.41, 5.74) is 3.73. The fourth-order valence-corrected chi connectivity index (χ4v) is 6.33. The molecule has 0 unspecified atom stereocenters. The van der Waals surface area contributed by atoms with E-state index in [-0.39, 0.29) is 23.1 Å². The number of carbonyl (C=O) groups is 1. The molecule has 5 rings (SSSR count). The van der Waals surface area contributed by atoms with Crippen molar-refractivity contribution in [1.29, 1.82) is 0 Å². The lowest BCUT2D eigenvalue weighted by atomic mass is 9.71. The van der Waals surface area contributed by atoms with Crippen LogP contribution in [-0.4, -0.2) is 24.3 Å². The maximum absolute atomic E-state index is 12.2. The number of fused-ring (bicyclic) bond motifs is 4. The number of ether oxygens (including phenoxy) is 2. The van der Waals surface area contributed by atoms with E-state index in [9.17, 15) is 4.79 Å². The van der Waals surface area contributed by atoms with Gasteiger partial charge in [0, 0.05) is 17.4 Å². The summed E-state index contributed by atoms with van der Waals surface area (Å²) in [4.78, 5) is 12.2. The van der Waals surface area contributed by atoms with Crippen molar-refractivity contribution in [3.8, 4) is 0 Å². The maximum atomic E-state index is 12.2. The van der Waals surface area contributed by atoms with E-state index in [1.807, 2.05) is 0 Å². The van der Waals surface area contributed by atoms with Crippen LogP contribution in [0.5, 0.6) is 0 Å². The molecule has 3 heteroatoms. The van der Waals surface area contributed by atoms with Gasteiger partial charge in [-0.2, -0.15) is 0 Å². The largest absolute Gasteiger partial charge is 0.466 e. The Hall–Kier alpha value is -1.09. The van der Waals surface area contributed by atoms with E-state index in [4.69, 9.17) is 9.47 Å². The van der Waals surface area contributed by atoms with Crippen LogP contribution in [0.3, 0.4) is 0 Å². The number of rotatable bonds is 1. The molecule has 0 aromatic carbocycles. The van der Waals surface area contributed by atoms with Crippen molar-refractivity contribution in [2.45, 2.75) is 44.3 Å². The molecule has 1 heterocycles. The van der Waals surface area contributed by atoms with Gasteiger partial charge in [-0.05, 0) is 44.9 Å². The molecule has 0 spiro atoms. The third kappa shape index (κ3) is 0.851. The lowest BCUT2D eigenvalue weighted by molar-refractivity contribution is -0.136. The van der Waals surface area contributed by atoms with Crippen LogP contribution in [0.2, 0.25) is 0 Å². The lowest BCUT2D eigenvalue weighted by Gasteiger charge is -2.27. The van der Waals surface area contributed by atoms with Gasteiger partial charge in [0.05, 0.1) is 7.11 Å². The quantitative estimate of drug-likeness (QED) is 0.418. The number of epoxide rings is 1. The van der Waals surface area contributed by atoms with E-state index in [1.165, 1.54) is 37.5 Å². The zero-order chi connectivity index (χ0) is 13.9. The maximum Gasteiger partial charge on any atom is 0.334 e. The van der Waals surface area contributed by atoms with Gasteiger partial charge in [-0.1, -0.05) is 17.2 Å². The smallest absolute Gasteiger partial charge is 0.334 e. The highest BCUT2D eigenvalue weighted by atomic mass is 16.6. The van der Waals surface area contributed by atoms with Crippen LogP contribution < -0.4 is 0 Å². The summed E-state index contributed by atoms with van der Waals surface area (Å²) in [5, 5.41) is 0. The van der Waals surface area contributed by atoms with Gasteiger partial charge >= 0.3 is 5.97 Å². The summed E-state index contributed by atoms with van der Waals surface area (Å²) in [5.74, 6) is 1.73. The molecule has 3 saturated carbocycles. The summed E-state index contributed by atoms with van der Waals surface area (Å²) in [7, 11) is 1.48. The van der Waals surface area contributed by atoms with Gasteiger partial charge in [0.15, 0.2) is 0 Å². The average Bonchev–Trinajstić information content (AvgIpc) is 2.81. The van der Waals surface area contributed by atoms with Crippen LogP contribution in [-0.2, 0) is 14.3 Å². The first-order chi connectivity index (χ1) is 9.58. The first kappa shape index (κ1) is 11.6. The summed E-state index contributed by atoms with van der Waals surface area (Å²) in [6.45, 7) is 4.36. The molecule has 106 valence electrons. The second kappa shape index (κ2) is 3.06. The number of allylic oxidation sites excluding steroid dienone is 1. The molecule has 0 amide bonds. The zero-order valence-corrected chi connectivity index (χ0v) is 12.2. The Balaban J connectivity index is 1.72. The minimum absolute atomic E-state index is 0.0362. The molecule has 0 N–H and O–H groups in total. The average molecular weight is 272 g/mol. The van der Waals surface area contributed by atoms with Crippen molar-refractivity contribution in [2.75, 3.05) is 7.11 Å². The Labute approximate surface area is 119 Å². The SMILES string of the molecule is COC(=O)C1=C[C@@H]2C(=C(C)C)[C@@H]1[C@]13O[C@]21[C@@H]1CC[C@@H]3C1. The molecule has 4 aliphatic carbocycles. The third-order valence-corrected chi connectivity index (χ3v) is 6.75. The number of carbonyl (C=O) groups excluding carboxylic acids is 1. The monoisotopic (exact) mass is 272 g/mol. The van der Waals surface area contributed by atoms with Crippen LogP contribution in [0.15, 0.2) is 22.8 Å². The van der Waals surface area contributed by atoms with Crippen molar-refractivity contribution in [2.24, 2.45) is 23.7 Å². The topological polar surface area (TPSA) is 38.8 Å². The summed E-state index contributed by atoms with van der Waals surface area (Å²) < 4.78 is 11.5. The molecule has 0 aromatic heterocycles. The zero-order valence-electron chi connectivity index (χ0n) is 12.2. The van der Waals surface area contributed by atoms with Crippen molar-refractivity contribution < 1.29 is 14.3 Å². The van der Waals surface area contributed by atoms with Crippen molar-refractivity contribution >= 4 is 5.97 Å². The second-order valence-electron chi connectivity index (χ2n) is 7.37. The van der Waals surface area contributed by atoms with E-state index in [0.29, 0.717) is 17.8 Å². The van der Waals surface area contributed by atoms with Gasteiger partial charge in [0.1, 0.15) is 11.2 Å². The normalized spacial score (nSPS) is 52.8. The predicted molar refractivity (Wildman–Crippen MR) is 72.8 cm³/mol.